The van der Waals surface area contributed by atoms with Crippen molar-refractivity contribution in [2.45, 2.75) is 66.2 Å². The van der Waals surface area contributed by atoms with E-state index in [4.69, 9.17) is 20.6 Å². The Morgan fingerprint density at radius 2 is 1.67 bits per heavy atom. The second-order valence-corrected chi connectivity index (χ2v) is 8.23. The van der Waals surface area contributed by atoms with Gasteiger partial charge >= 0.3 is 12.2 Å². The predicted molar refractivity (Wildman–Crippen MR) is 104 cm³/mol. The van der Waals surface area contributed by atoms with Crippen molar-refractivity contribution in [1.82, 2.24) is 10.2 Å². The summed E-state index contributed by atoms with van der Waals surface area (Å²) >= 11 is 0. The van der Waals surface area contributed by atoms with Crippen LogP contribution < -0.4 is 11.1 Å². The molecule has 0 aliphatic rings. The van der Waals surface area contributed by atoms with Gasteiger partial charge in [0.2, 0.25) is 5.96 Å². The van der Waals surface area contributed by atoms with E-state index in [1.807, 2.05) is 13.0 Å². The molecule has 8 heteroatoms. The van der Waals surface area contributed by atoms with Gasteiger partial charge in [-0.15, -0.1) is 0 Å². The van der Waals surface area contributed by atoms with Crippen LogP contribution in [0.25, 0.3) is 0 Å². The number of alkyl carbamates (subject to hydrolysis) is 1. The van der Waals surface area contributed by atoms with E-state index in [0.29, 0.717) is 5.69 Å². The van der Waals surface area contributed by atoms with Crippen molar-refractivity contribution in [3.05, 3.63) is 29.3 Å². The SMILES string of the molecule is Cc1ccc(N)cc1CN(C(=N)NC(=O)OC(C)(C)C)C(=O)OC(C)(C)C. The number of nitrogens with zero attached hydrogens (tertiary/aromatic N) is 1. The third-order valence-electron chi connectivity index (χ3n) is 3.20. The van der Waals surface area contributed by atoms with E-state index in [1.54, 1.807) is 53.7 Å². The molecule has 0 fully saturated rings. The molecule has 8 nitrogen and oxygen atoms in total. The molecule has 0 atom stereocenters. The Kier molecular flexibility index (Phi) is 6.83. The third-order valence-corrected chi connectivity index (χ3v) is 3.20. The maximum absolute atomic E-state index is 12.6. The fourth-order valence-electron chi connectivity index (χ4n) is 2.05. The highest BCUT2D eigenvalue weighted by molar-refractivity contribution is 5.99. The van der Waals surface area contributed by atoms with E-state index in [1.165, 1.54) is 0 Å². The number of amides is 2. The summed E-state index contributed by atoms with van der Waals surface area (Å²) in [6.07, 6.45) is -1.59. The summed E-state index contributed by atoms with van der Waals surface area (Å²) in [5.74, 6) is -0.444. The fourth-order valence-corrected chi connectivity index (χ4v) is 2.05. The van der Waals surface area contributed by atoms with E-state index in [9.17, 15) is 9.59 Å². The second kappa shape index (κ2) is 8.28. The number of aryl methyl sites for hydroxylation is 1. The van der Waals surface area contributed by atoms with Crippen molar-refractivity contribution in [3.63, 3.8) is 0 Å². The maximum atomic E-state index is 12.6. The quantitative estimate of drug-likeness (QED) is 0.411. The lowest BCUT2D eigenvalue weighted by molar-refractivity contribution is 0.0346. The molecule has 1 aromatic carbocycles. The highest BCUT2D eigenvalue weighted by Gasteiger charge is 2.28. The molecule has 0 saturated carbocycles. The Morgan fingerprint density at radius 3 is 2.19 bits per heavy atom. The Labute approximate surface area is 160 Å². The number of rotatable bonds is 2. The Balaban J connectivity index is 3.06. The van der Waals surface area contributed by atoms with Crippen LogP contribution in [0, 0.1) is 12.3 Å². The fraction of sp³-hybridized carbons (Fsp3) is 0.526. The molecule has 2 amide bonds. The average Bonchev–Trinajstić information content (AvgIpc) is 2.43. The molecule has 0 aliphatic carbocycles. The van der Waals surface area contributed by atoms with Crippen LogP contribution in [0.3, 0.4) is 0 Å². The van der Waals surface area contributed by atoms with E-state index in [-0.39, 0.29) is 6.54 Å². The van der Waals surface area contributed by atoms with Gasteiger partial charge < -0.3 is 15.2 Å². The van der Waals surface area contributed by atoms with Crippen molar-refractivity contribution in [2.24, 2.45) is 0 Å². The van der Waals surface area contributed by atoms with E-state index in [2.05, 4.69) is 5.32 Å². The molecule has 0 bridgehead atoms. The van der Waals surface area contributed by atoms with Crippen LogP contribution in [0.5, 0.6) is 0 Å². The number of carbonyl (C=O) groups is 2. The van der Waals surface area contributed by atoms with Gasteiger partial charge in [-0.3, -0.25) is 10.7 Å². The van der Waals surface area contributed by atoms with Crippen LogP contribution in [0.2, 0.25) is 0 Å². The van der Waals surface area contributed by atoms with Crippen LogP contribution in [0.4, 0.5) is 15.3 Å². The Hall–Kier alpha value is -2.77. The molecule has 0 heterocycles. The summed E-state index contributed by atoms with van der Waals surface area (Å²) in [5.41, 5.74) is 6.50. The van der Waals surface area contributed by atoms with Crippen LogP contribution in [0.15, 0.2) is 18.2 Å². The van der Waals surface area contributed by atoms with E-state index in [0.717, 1.165) is 16.0 Å². The van der Waals surface area contributed by atoms with Crippen molar-refractivity contribution >= 4 is 23.8 Å². The summed E-state index contributed by atoms with van der Waals surface area (Å²) in [6.45, 7) is 12.2. The molecular formula is C19H30N4O4. The summed E-state index contributed by atoms with van der Waals surface area (Å²) in [6, 6.07) is 5.29. The largest absolute Gasteiger partial charge is 0.444 e. The number of nitrogens with two attached hydrogens (primary N) is 1. The third kappa shape index (κ3) is 7.98. The molecule has 1 rings (SSSR count). The zero-order chi connectivity index (χ0) is 21.0. The molecule has 1 aromatic rings. The van der Waals surface area contributed by atoms with Crippen LogP contribution >= 0.6 is 0 Å². The molecule has 4 N–H and O–H groups in total. The van der Waals surface area contributed by atoms with Gasteiger partial charge in [0, 0.05) is 5.69 Å². The van der Waals surface area contributed by atoms with Crippen molar-refractivity contribution in [3.8, 4) is 0 Å². The topological polar surface area (TPSA) is 118 Å². The van der Waals surface area contributed by atoms with E-state index < -0.39 is 29.3 Å². The van der Waals surface area contributed by atoms with Gasteiger partial charge in [0.1, 0.15) is 11.2 Å². The van der Waals surface area contributed by atoms with Gasteiger partial charge in [0.15, 0.2) is 0 Å². The first-order valence-corrected chi connectivity index (χ1v) is 8.62. The van der Waals surface area contributed by atoms with Gasteiger partial charge in [-0.2, -0.15) is 0 Å². The van der Waals surface area contributed by atoms with Crippen LogP contribution in [-0.2, 0) is 16.0 Å². The monoisotopic (exact) mass is 378 g/mol. The number of hydrogen-bond donors (Lipinski definition) is 3. The van der Waals surface area contributed by atoms with Gasteiger partial charge in [-0.05, 0) is 71.7 Å². The standard InChI is InChI=1S/C19H30N4O4/c1-12-8-9-14(20)10-13(12)11-23(17(25)27-19(5,6)7)15(21)22-16(24)26-18(2,3)4/h8-10H,11,20H2,1-7H3,(H2,21,22,24). The number of hydrogen-bond acceptors (Lipinski definition) is 6. The number of anilines is 1. The summed E-state index contributed by atoms with van der Waals surface area (Å²) < 4.78 is 10.5. The van der Waals surface area contributed by atoms with Crippen molar-refractivity contribution < 1.29 is 19.1 Å². The van der Waals surface area contributed by atoms with Gasteiger partial charge in [0.05, 0.1) is 6.54 Å². The zero-order valence-electron chi connectivity index (χ0n) is 17.1. The summed E-state index contributed by atoms with van der Waals surface area (Å²) in [5, 5.41) is 10.5. The highest BCUT2D eigenvalue weighted by Crippen LogP contribution is 2.18. The normalized spacial score (nSPS) is 11.5. The number of nitrogen functional groups attached to an aromatic ring is 1. The second-order valence-electron chi connectivity index (χ2n) is 8.23. The molecule has 0 aliphatic heterocycles. The minimum Gasteiger partial charge on any atom is -0.444 e. The number of benzene rings is 1. The highest BCUT2D eigenvalue weighted by atomic mass is 16.6. The van der Waals surface area contributed by atoms with Crippen LogP contribution in [-0.4, -0.2) is 34.2 Å². The average molecular weight is 378 g/mol. The molecule has 0 saturated heterocycles. The maximum Gasteiger partial charge on any atom is 0.417 e. The number of nitrogens with one attached hydrogen (secondary N) is 2. The lowest BCUT2D eigenvalue weighted by atomic mass is 10.1. The lowest BCUT2D eigenvalue weighted by Gasteiger charge is -2.28. The number of carbonyl (C=O) groups excluding carboxylic acids is 2. The molecule has 0 unspecified atom stereocenters. The summed E-state index contributed by atoms with van der Waals surface area (Å²) in [7, 11) is 0. The molecular weight excluding hydrogens is 348 g/mol. The molecule has 0 spiro atoms. The lowest BCUT2D eigenvalue weighted by Crippen LogP contribution is -2.49. The number of guanidine groups is 1. The van der Waals surface area contributed by atoms with Crippen molar-refractivity contribution in [2.75, 3.05) is 5.73 Å². The Bertz CT molecular complexity index is 717. The molecule has 0 aromatic heterocycles. The minimum absolute atomic E-state index is 0.0143. The van der Waals surface area contributed by atoms with Crippen LogP contribution in [0.1, 0.15) is 52.7 Å². The smallest absolute Gasteiger partial charge is 0.417 e. The van der Waals surface area contributed by atoms with Gasteiger partial charge in [-0.25, -0.2) is 14.5 Å². The Morgan fingerprint density at radius 1 is 1.11 bits per heavy atom. The predicted octanol–water partition coefficient (Wildman–Crippen LogP) is 3.77. The molecule has 0 radical (unpaired) electrons. The summed E-state index contributed by atoms with van der Waals surface area (Å²) in [4.78, 5) is 25.6. The first-order valence-electron chi connectivity index (χ1n) is 8.62. The first-order chi connectivity index (χ1) is 12.2. The molecule has 150 valence electrons. The van der Waals surface area contributed by atoms with Gasteiger partial charge in [0.25, 0.3) is 0 Å². The van der Waals surface area contributed by atoms with Gasteiger partial charge in [-0.1, -0.05) is 6.07 Å². The minimum atomic E-state index is -0.828. The molecule has 27 heavy (non-hydrogen) atoms. The van der Waals surface area contributed by atoms with Crippen molar-refractivity contribution in [1.29, 1.82) is 5.41 Å². The first kappa shape index (κ1) is 22.3. The zero-order valence-corrected chi connectivity index (χ0v) is 17.1. The number of ether oxygens (including phenoxy) is 2. The van der Waals surface area contributed by atoms with E-state index >= 15 is 0 Å².